The maximum atomic E-state index is 12.9. The van der Waals surface area contributed by atoms with Gasteiger partial charge in [0.1, 0.15) is 0 Å². The molecule has 0 bridgehead atoms. The molecule has 6 nitrogen and oxygen atoms in total. The SMILES string of the molecule is Cc1nc(CN2CCN(C(=O)c3ccc4nc(C)c(C)nc4c3)CC2)cs1. The first kappa shape index (κ1) is 18.0. The lowest BCUT2D eigenvalue weighted by Crippen LogP contribution is -2.48. The molecule has 4 rings (SSSR count). The highest BCUT2D eigenvalue weighted by molar-refractivity contribution is 7.09. The van der Waals surface area contributed by atoms with E-state index < -0.39 is 0 Å². The van der Waals surface area contributed by atoms with Gasteiger partial charge in [-0.2, -0.15) is 0 Å². The van der Waals surface area contributed by atoms with Crippen LogP contribution in [-0.2, 0) is 6.54 Å². The van der Waals surface area contributed by atoms with Crippen molar-refractivity contribution in [3.8, 4) is 0 Å². The predicted octanol–water partition coefficient (Wildman–Crippen LogP) is 2.97. The fraction of sp³-hybridized carbons (Fsp3) is 0.400. The summed E-state index contributed by atoms with van der Waals surface area (Å²) < 4.78 is 0. The first-order chi connectivity index (χ1) is 13.0. The molecule has 1 amide bonds. The fourth-order valence-corrected chi connectivity index (χ4v) is 3.97. The quantitative estimate of drug-likeness (QED) is 0.698. The Morgan fingerprint density at radius 2 is 1.70 bits per heavy atom. The molecule has 140 valence electrons. The van der Waals surface area contributed by atoms with E-state index >= 15 is 0 Å². The maximum absolute atomic E-state index is 12.9. The summed E-state index contributed by atoms with van der Waals surface area (Å²) in [7, 11) is 0. The van der Waals surface area contributed by atoms with Gasteiger partial charge in [-0.05, 0) is 39.0 Å². The Hall–Kier alpha value is -2.38. The van der Waals surface area contributed by atoms with E-state index in [9.17, 15) is 4.79 Å². The smallest absolute Gasteiger partial charge is 0.254 e. The van der Waals surface area contributed by atoms with Gasteiger partial charge in [-0.15, -0.1) is 11.3 Å². The van der Waals surface area contributed by atoms with Gasteiger partial charge < -0.3 is 4.90 Å². The van der Waals surface area contributed by atoms with Gasteiger partial charge in [0.15, 0.2) is 0 Å². The maximum Gasteiger partial charge on any atom is 0.254 e. The number of carbonyl (C=O) groups is 1. The highest BCUT2D eigenvalue weighted by Crippen LogP contribution is 2.17. The second-order valence-electron chi connectivity index (χ2n) is 7.02. The zero-order valence-corrected chi connectivity index (χ0v) is 16.7. The summed E-state index contributed by atoms with van der Waals surface area (Å²) in [5.41, 5.74) is 5.24. The number of benzene rings is 1. The summed E-state index contributed by atoms with van der Waals surface area (Å²) in [5.74, 6) is 0.0704. The largest absolute Gasteiger partial charge is 0.336 e. The van der Waals surface area contributed by atoms with Crippen molar-refractivity contribution in [3.63, 3.8) is 0 Å². The van der Waals surface area contributed by atoms with Crippen molar-refractivity contribution in [3.05, 3.63) is 51.2 Å². The fourth-order valence-electron chi connectivity index (χ4n) is 3.37. The summed E-state index contributed by atoms with van der Waals surface area (Å²) >= 11 is 1.69. The molecule has 0 radical (unpaired) electrons. The van der Waals surface area contributed by atoms with E-state index in [0.717, 1.165) is 65.8 Å². The van der Waals surface area contributed by atoms with Crippen molar-refractivity contribution in [1.82, 2.24) is 24.8 Å². The summed E-state index contributed by atoms with van der Waals surface area (Å²) in [4.78, 5) is 30.8. The van der Waals surface area contributed by atoms with Gasteiger partial charge in [0, 0.05) is 43.7 Å². The standard InChI is InChI=1S/C20H23N5OS/c1-13-14(2)22-19-10-16(4-5-18(19)21-13)20(26)25-8-6-24(7-9-25)11-17-12-27-15(3)23-17/h4-5,10,12H,6-9,11H2,1-3H3. The number of thiazole rings is 1. The lowest BCUT2D eigenvalue weighted by molar-refractivity contribution is 0.0627. The second kappa shape index (κ2) is 7.32. The van der Waals surface area contributed by atoms with Crippen molar-refractivity contribution in [2.45, 2.75) is 27.3 Å². The molecule has 0 aliphatic carbocycles. The molecule has 1 aliphatic rings. The summed E-state index contributed by atoms with van der Waals surface area (Å²) in [6.45, 7) is 9.99. The molecular formula is C20H23N5OS. The van der Waals surface area contributed by atoms with Crippen molar-refractivity contribution in [2.75, 3.05) is 26.2 Å². The van der Waals surface area contributed by atoms with Crippen LogP contribution in [0, 0.1) is 20.8 Å². The third-order valence-electron chi connectivity index (χ3n) is 5.03. The highest BCUT2D eigenvalue weighted by Gasteiger charge is 2.23. The van der Waals surface area contributed by atoms with Crippen LogP contribution in [0.5, 0.6) is 0 Å². The van der Waals surface area contributed by atoms with Gasteiger partial charge in [0.25, 0.3) is 5.91 Å². The molecule has 1 fully saturated rings. The molecule has 0 spiro atoms. The minimum absolute atomic E-state index is 0.0704. The van der Waals surface area contributed by atoms with Crippen LogP contribution in [0.4, 0.5) is 0 Å². The Morgan fingerprint density at radius 3 is 2.37 bits per heavy atom. The molecule has 0 saturated carbocycles. The zero-order valence-electron chi connectivity index (χ0n) is 15.9. The van der Waals surface area contributed by atoms with Crippen LogP contribution < -0.4 is 0 Å². The third-order valence-corrected chi connectivity index (χ3v) is 5.86. The number of hydrogen-bond donors (Lipinski definition) is 0. The van der Waals surface area contributed by atoms with E-state index in [1.807, 2.05) is 43.9 Å². The minimum atomic E-state index is 0.0704. The van der Waals surface area contributed by atoms with E-state index in [2.05, 4.69) is 25.2 Å². The number of amides is 1. The predicted molar refractivity (Wildman–Crippen MR) is 107 cm³/mol. The topological polar surface area (TPSA) is 62.2 Å². The number of hydrogen-bond acceptors (Lipinski definition) is 6. The average molecular weight is 382 g/mol. The van der Waals surface area contributed by atoms with Crippen molar-refractivity contribution >= 4 is 28.3 Å². The van der Waals surface area contributed by atoms with Crippen LogP contribution in [0.25, 0.3) is 11.0 Å². The van der Waals surface area contributed by atoms with Crippen LogP contribution in [0.3, 0.4) is 0 Å². The van der Waals surface area contributed by atoms with Crippen LogP contribution in [-0.4, -0.2) is 56.8 Å². The summed E-state index contributed by atoms with van der Waals surface area (Å²) in [5, 5.41) is 3.22. The number of aryl methyl sites for hydroxylation is 3. The molecule has 0 unspecified atom stereocenters. The number of aromatic nitrogens is 3. The van der Waals surface area contributed by atoms with Crippen molar-refractivity contribution in [1.29, 1.82) is 0 Å². The molecular weight excluding hydrogens is 358 g/mol. The molecule has 0 N–H and O–H groups in total. The number of carbonyl (C=O) groups excluding carboxylic acids is 1. The molecule has 3 aromatic rings. The lowest BCUT2D eigenvalue weighted by atomic mass is 10.1. The average Bonchev–Trinajstić information content (AvgIpc) is 3.07. The number of rotatable bonds is 3. The van der Waals surface area contributed by atoms with Crippen molar-refractivity contribution in [2.24, 2.45) is 0 Å². The molecule has 1 aliphatic heterocycles. The van der Waals surface area contributed by atoms with Gasteiger partial charge in [0.05, 0.1) is 33.1 Å². The molecule has 0 atom stereocenters. The van der Waals surface area contributed by atoms with Crippen LogP contribution >= 0.6 is 11.3 Å². The van der Waals surface area contributed by atoms with Crippen LogP contribution in [0.15, 0.2) is 23.6 Å². The molecule has 1 aromatic carbocycles. The minimum Gasteiger partial charge on any atom is -0.336 e. The van der Waals surface area contributed by atoms with Crippen molar-refractivity contribution < 1.29 is 4.79 Å². The number of nitrogens with zero attached hydrogens (tertiary/aromatic N) is 5. The molecule has 7 heteroatoms. The van der Waals surface area contributed by atoms with E-state index in [-0.39, 0.29) is 5.91 Å². The van der Waals surface area contributed by atoms with E-state index in [0.29, 0.717) is 5.56 Å². The Kier molecular flexibility index (Phi) is 4.88. The van der Waals surface area contributed by atoms with Gasteiger partial charge in [-0.1, -0.05) is 0 Å². The summed E-state index contributed by atoms with van der Waals surface area (Å²) in [6, 6.07) is 5.61. The van der Waals surface area contributed by atoms with Crippen LogP contribution in [0.2, 0.25) is 0 Å². The normalized spacial score (nSPS) is 15.4. The van der Waals surface area contributed by atoms with Crippen LogP contribution in [0.1, 0.15) is 32.4 Å². The van der Waals surface area contributed by atoms with Gasteiger partial charge in [-0.3, -0.25) is 9.69 Å². The second-order valence-corrected chi connectivity index (χ2v) is 8.09. The van der Waals surface area contributed by atoms with Gasteiger partial charge in [-0.25, -0.2) is 15.0 Å². The monoisotopic (exact) mass is 381 g/mol. The Bertz CT molecular complexity index is 991. The highest BCUT2D eigenvalue weighted by atomic mass is 32.1. The first-order valence-corrected chi connectivity index (χ1v) is 10.1. The Balaban J connectivity index is 1.43. The molecule has 2 aromatic heterocycles. The van der Waals surface area contributed by atoms with E-state index in [4.69, 9.17) is 0 Å². The van der Waals surface area contributed by atoms with E-state index in [1.165, 1.54) is 0 Å². The first-order valence-electron chi connectivity index (χ1n) is 9.17. The number of piperazine rings is 1. The molecule has 3 heterocycles. The number of fused-ring (bicyclic) bond motifs is 1. The Morgan fingerprint density at radius 1 is 1.00 bits per heavy atom. The van der Waals surface area contributed by atoms with E-state index in [1.54, 1.807) is 11.3 Å². The molecule has 1 saturated heterocycles. The van der Waals surface area contributed by atoms with Gasteiger partial charge >= 0.3 is 0 Å². The lowest BCUT2D eigenvalue weighted by Gasteiger charge is -2.34. The summed E-state index contributed by atoms with van der Waals surface area (Å²) in [6.07, 6.45) is 0. The van der Waals surface area contributed by atoms with Gasteiger partial charge in [0.2, 0.25) is 0 Å². The third kappa shape index (κ3) is 3.84. The zero-order chi connectivity index (χ0) is 19.0. The molecule has 27 heavy (non-hydrogen) atoms. The Labute approximate surface area is 162 Å².